The van der Waals surface area contributed by atoms with E-state index in [4.69, 9.17) is 21.1 Å². The number of halogens is 1. The van der Waals surface area contributed by atoms with E-state index in [0.29, 0.717) is 11.5 Å². The molecule has 1 amide bonds. The third kappa shape index (κ3) is 7.76. The van der Waals surface area contributed by atoms with Crippen LogP contribution in [0.3, 0.4) is 0 Å². The standard InChI is InChI=1S/C31H28ClNO5/c32-27-14-8-7-13-26(27)30(35)31(36)33-28(21-37-20-23-9-3-1-4-10-23)29(34)19-22-15-17-25(18-16-22)38-24-11-5-2-6-12-24/h1-18,28,30,35H,19-21H2,(H,33,36)/t28?,30-/m1/s1. The predicted molar refractivity (Wildman–Crippen MR) is 146 cm³/mol. The summed E-state index contributed by atoms with van der Waals surface area (Å²) in [6.07, 6.45) is -1.46. The van der Waals surface area contributed by atoms with Crippen LogP contribution in [0, 0.1) is 0 Å². The zero-order chi connectivity index (χ0) is 26.7. The molecule has 194 valence electrons. The lowest BCUT2D eigenvalue weighted by Crippen LogP contribution is -2.46. The summed E-state index contributed by atoms with van der Waals surface area (Å²) in [5, 5.41) is 13.5. The highest BCUT2D eigenvalue weighted by molar-refractivity contribution is 6.31. The monoisotopic (exact) mass is 529 g/mol. The van der Waals surface area contributed by atoms with E-state index < -0.39 is 18.1 Å². The number of Topliss-reactive ketones (excluding diaryl/α,β-unsaturated/α-hetero) is 1. The molecule has 0 aromatic heterocycles. The molecule has 0 radical (unpaired) electrons. The summed E-state index contributed by atoms with van der Waals surface area (Å²) >= 11 is 6.14. The number of ketones is 1. The fourth-order valence-electron chi connectivity index (χ4n) is 3.80. The van der Waals surface area contributed by atoms with E-state index in [9.17, 15) is 14.7 Å². The Hall–Kier alpha value is -3.97. The molecule has 2 N–H and O–H groups in total. The first kappa shape index (κ1) is 27.1. The molecule has 6 nitrogen and oxygen atoms in total. The molecule has 0 aliphatic rings. The molecule has 0 aliphatic heterocycles. The van der Waals surface area contributed by atoms with Crippen LogP contribution in [0.4, 0.5) is 0 Å². The Morgan fingerprint density at radius 1 is 0.763 bits per heavy atom. The Bertz CT molecular complexity index is 1330. The van der Waals surface area contributed by atoms with E-state index in [2.05, 4.69) is 5.32 Å². The lowest BCUT2D eigenvalue weighted by atomic mass is 10.0. The third-order valence-corrected chi connectivity index (χ3v) is 6.17. The number of aliphatic hydroxyl groups is 1. The number of rotatable bonds is 12. The lowest BCUT2D eigenvalue weighted by Gasteiger charge is -2.21. The van der Waals surface area contributed by atoms with Gasteiger partial charge in [-0.3, -0.25) is 9.59 Å². The fraction of sp³-hybridized carbons (Fsp3) is 0.161. The summed E-state index contributed by atoms with van der Waals surface area (Å²) < 4.78 is 11.6. The number of hydrogen-bond acceptors (Lipinski definition) is 5. The summed E-state index contributed by atoms with van der Waals surface area (Å²) in [5.74, 6) is 0.374. The van der Waals surface area contributed by atoms with Crippen LogP contribution in [0.2, 0.25) is 5.02 Å². The van der Waals surface area contributed by atoms with Crippen molar-refractivity contribution in [2.75, 3.05) is 6.61 Å². The number of carbonyl (C=O) groups excluding carboxylic acids is 2. The number of benzene rings is 4. The number of carbonyl (C=O) groups is 2. The van der Waals surface area contributed by atoms with Crippen molar-refractivity contribution < 1.29 is 24.2 Å². The molecule has 0 aliphatic carbocycles. The van der Waals surface area contributed by atoms with E-state index in [1.165, 1.54) is 0 Å². The van der Waals surface area contributed by atoms with E-state index in [-0.39, 0.29) is 36.0 Å². The van der Waals surface area contributed by atoms with Crippen molar-refractivity contribution in [3.05, 3.63) is 131 Å². The second-order valence-corrected chi connectivity index (χ2v) is 9.10. The van der Waals surface area contributed by atoms with Gasteiger partial charge in [-0.15, -0.1) is 0 Å². The third-order valence-electron chi connectivity index (χ3n) is 5.83. The van der Waals surface area contributed by atoms with Crippen LogP contribution in [0.15, 0.2) is 109 Å². The quantitative estimate of drug-likeness (QED) is 0.247. The van der Waals surface area contributed by atoms with Gasteiger partial charge in [-0.05, 0) is 41.5 Å². The molecule has 7 heteroatoms. The van der Waals surface area contributed by atoms with Crippen LogP contribution in [0.5, 0.6) is 11.5 Å². The first-order chi connectivity index (χ1) is 18.5. The molecule has 0 saturated heterocycles. The van der Waals surface area contributed by atoms with E-state index in [1.807, 2.05) is 60.7 Å². The zero-order valence-corrected chi connectivity index (χ0v) is 21.4. The number of amides is 1. The molecule has 4 aromatic rings. The van der Waals surface area contributed by atoms with Crippen molar-refractivity contribution in [2.45, 2.75) is 25.2 Å². The van der Waals surface area contributed by atoms with Crippen molar-refractivity contribution in [2.24, 2.45) is 0 Å². The molecule has 0 heterocycles. The van der Waals surface area contributed by atoms with Crippen molar-refractivity contribution in [1.82, 2.24) is 5.32 Å². The van der Waals surface area contributed by atoms with Gasteiger partial charge in [0.1, 0.15) is 17.5 Å². The maximum Gasteiger partial charge on any atom is 0.254 e. The minimum absolute atomic E-state index is 0.0517. The highest BCUT2D eigenvalue weighted by Crippen LogP contribution is 2.23. The van der Waals surface area contributed by atoms with Gasteiger partial charge in [0.15, 0.2) is 11.9 Å². The second-order valence-electron chi connectivity index (χ2n) is 8.69. The van der Waals surface area contributed by atoms with Gasteiger partial charge in [0, 0.05) is 17.0 Å². The number of para-hydroxylation sites is 1. The maximum atomic E-state index is 13.3. The summed E-state index contributed by atoms with van der Waals surface area (Å²) in [6.45, 7) is 0.225. The van der Waals surface area contributed by atoms with Crippen LogP contribution < -0.4 is 10.1 Å². The Morgan fingerprint density at radius 2 is 1.37 bits per heavy atom. The van der Waals surface area contributed by atoms with Crippen LogP contribution >= 0.6 is 11.6 Å². The minimum Gasteiger partial charge on any atom is -0.457 e. The number of aliphatic hydroxyl groups excluding tert-OH is 1. The van der Waals surface area contributed by atoms with Gasteiger partial charge < -0.3 is 19.9 Å². The topological polar surface area (TPSA) is 84.9 Å². The molecule has 0 spiro atoms. The van der Waals surface area contributed by atoms with Crippen LogP contribution in [-0.2, 0) is 27.4 Å². The summed E-state index contributed by atoms with van der Waals surface area (Å²) in [6, 6.07) is 31.7. The number of ether oxygens (including phenoxy) is 2. The maximum absolute atomic E-state index is 13.3. The minimum atomic E-state index is -1.53. The zero-order valence-electron chi connectivity index (χ0n) is 20.6. The Balaban J connectivity index is 1.42. The second kappa shape index (κ2) is 13.5. The van der Waals surface area contributed by atoms with Gasteiger partial charge in [-0.2, -0.15) is 0 Å². The van der Waals surface area contributed by atoms with Crippen molar-refractivity contribution in [3.8, 4) is 11.5 Å². The van der Waals surface area contributed by atoms with E-state index >= 15 is 0 Å². The average Bonchev–Trinajstić information content (AvgIpc) is 2.94. The number of nitrogens with one attached hydrogen (secondary N) is 1. The summed E-state index contributed by atoms with van der Waals surface area (Å²) in [5.41, 5.74) is 1.96. The lowest BCUT2D eigenvalue weighted by molar-refractivity contribution is -0.134. The molecular formula is C31H28ClNO5. The highest BCUT2D eigenvalue weighted by atomic mass is 35.5. The van der Waals surface area contributed by atoms with Gasteiger partial charge in [0.25, 0.3) is 5.91 Å². The molecule has 0 saturated carbocycles. The Kier molecular flexibility index (Phi) is 9.65. The average molecular weight is 530 g/mol. The molecule has 2 atom stereocenters. The first-order valence-electron chi connectivity index (χ1n) is 12.2. The highest BCUT2D eigenvalue weighted by Gasteiger charge is 2.26. The van der Waals surface area contributed by atoms with Crippen LogP contribution in [0.1, 0.15) is 22.8 Å². The molecule has 4 rings (SSSR count). The van der Waals surface area contributed by atoms with E-state index in [0.717, 1.165) is 11.1 Å². The summed E-state index contributed by atoms with van der Waals surface area (Å²) in [4.78, 5) is 26.1. The number of hydrogen-bond donors (Lipinski definition) is 2. The van der Waals surface area contributed by atoms with Crippen LogP contribution in [-0.4, -0.2) is 29.4 Å². The van der Waals surface area contributed by atoms with Crippen molar-refractivity contribution in [3.63, 3.8) is 0 Å². The molecular weight excluding hydrogens is 502 g/mol. The fourth-order valence-corrected chi connectivity index (χ4v) is 4.04. The SMILES string of the molecule is O=C(Cc1ccc(Oc2ccccc2)cc1)C(COCc1ccccc1)NC(=O)[C@H](O)c1ccccc1Cl. The van der Waals surface area contributed by atoms with Gasteiger partial charge in [-0.1, -0.05) is 90.5 Å². The molecule has 0 bridgehead atoms. The largest absolute Gasteiger partial charge is 0.457 e. The first-order valence-corrected chi connectivity index (χ1v) is 12.6. The van der Waals surface area contributed by atoms with Gasteiger partial charge in [-0.25, -0.2) is 0 Å². The molecule has 1 unspecified atom stereocenters. The normalized spacial score (nSPS) is 12.4. The molecule has 0 fully saturated rings. The van der Waals surface area contributed by atoms with Gasteiger partial charge >= 0.3 is 0 Å². The summed E-state index contributed by atoms with van der Waals surface area (Å²) in [7, 11) is 0. The van der Waals surface area contributed by atoms with Crippen LogP contribution in [0.25, 0.3) is 0 Å². The van der Waals surface area contributed by atoms with E-state index in [1.54, 1.807) is 48.5 Å². The predicted octanol–water partition coefficient (Wildman–Crippen LogP) is 5.68. The van der Waals surface area contributed by atoms with Gasteiger partial charge in [0.05, 0.1) is 13.2 Å². The molecule has 38 heavy (non-hydrogen) atoms. The Morgan fingerprint density at radius 3 is 2.05 bits per heavy atom. The smallest absolute Gasteiger partial charge is 0.254 e. The Labute approximate surface area is 226 Å². The van der Waals surface area contributed by atoms with Crippen molar-refractivity contribution in [1.29, 1.82) is 0 Å². The van der Waals surface area contributed by atoms with Gasteiger partial charge in [0.2, 0.25) is 0 Å². The van der Waals surface area contributed by atoms with Crippen molar-refractivity contribution >= 4 is 23.3 Å². The molecule has 4 aromatic carbocycles.